The number of hydrogen-bond acceptors (Lipinski definition) is 6. The first kappa shape index (κ1) is 21.3. The third kappa shape index (κ3) is 4.54. The van der Waals surface area contributed by atoms with Crippen molar-refractivity contribution < 1.29 is 22.1 Å². The van der Waals surface area contributed by atoms with Gasteiger partial charge in [-0.3, -0.25) is 8.98 Å². The first-order chi connectivity index (χ1) is 14.2. The fourth-order valence-corrected chi connectivity index (χ4v) is 4.47. The summed E-state index contributed by atoms with van der Waals surface area (Å²) in [6.07, 6.45) is 4.89. The molecule has 1 aromatic carbocycles. The summed E-state index contributed by atoms with van der Waals surface area (Å²) in [6, 6.07) is 7.19. The molecule has 2 aromatic heterocycles. The minimum Gasteiger partial charge on any atom is -0.493 e. The minimum absolute atomic E-state index is 0.0331. The maximum Gasteiger partial charge on any atom is 0.264 e. The van der Waals surface area contributed by atoms with Gasteiger partial charge in [0.05, 0.1) is 30.9 Å². The Balaban J connectivity index is 1.64. The van der Waals surface area contributed by atoms with Crippen LogP contribution in [0.1, 0.15) is 15.9 Å². The highest BCUT2D eigenvalue weighted by atomic mass is 79.9. The lowest BCUT2D eigenvalue weighted by Gasteiger charge is -2.24. The topological polar surface area (TPSA) is 87.5 Å². The maximum absolute atomic E-state index is 13.3. The van der Waals surface area contributed by atoms with Gasteiger partial charge in [-0.25, -0.2) is 4.98 Å². The number of ether oxygens (including phenoxy) is 1. The highest BCUT2D eigenvalue weighted by molar-refractivity contribution is 9.10. The molecule has 0 aliphatic carbocycles. The normalized spacial score (nSPS) is 16.3. The Hall–Kier alpha value is -1.94. The summed E-state index contributed by atoms with van der Waals surface area (Å²) in [5, 5.41) is 1.29. The number of ketones is 1. The lowest BCUT2D eigenvalue weighted by Crippen LogP contribution is -2.28. The average molecular weight is 514 g/mol. The van der Waals surface area contributed by atoms with Gasteiger partial charge in [-0.15, -0.1) is 0 Å². The molecule has 1 aliphatic rings. The van der Waals surface area contributed by atoms with Crippen LogP contribution in [0.2, 0.25) is 5.02 Å². The summed E-state index contributed by atoms with van der Waals surface area (Å²) >= 11 is 9.43. The van der Waals surface area contributed by atoms with Crippen molar-refractivity contribution in [3.8, 4) is 5.75 Å². The molecule has 0 radical (unpaired) electrons. The molecule has 0 amide bonds. The second-order valence-corrected chi connectivity index (χ2v) is 10.0. The minimum atomic E-state index is -3.54. The molecular weight excluding hydrogens is 496 g/mol. The van der Waals surface area contributed by atoms with E-state index in [-0.39, 0.29) is 31.5 Å². The third-order valence-electron chi connectivity index (χ3n) is 4.93. The van der Waals surface area contributed by atoms with Crippen molar-refractivity contribution in [2.75, 3.05) is 19.5 Å². The number of Topliss-reactive ketones (excluding diaryl/α,β-unsaturated/α-hetero) is 1. The van der Waals surface area contributed by atoms with Gasteiger partial charge in [-0.05, 0) is 52.2 Å². The van der Waals surface area contributed by atoms with Crippen LogP contribution in [-0.2, 0) is 27.3 Å². The van der Waals surface area contributed by atoms with Crippen LogP contribution in [-0.4, -0.2) is 43.2 Å². The quantitative estimate of drug-likeness (QED) is 0.283. The average Bonchev–Trinajstić information content (AvgIpc) is 3.03. The molecule has 158 valence electrons. The zero-order chi connectivity index (χ0) is 21.5. The lowest BCUT2D eigenvalue weighted by molar-refractivity contribution is 0.0856. The van der Waals surface area contributed by atoms with Gasteiger partial charge in [0.25, 0.3) is 10.1 Å². The van der Waals surface area contributed by atoms with Crippen LogP contribution < -0.4 is 4.74 Å². The Kier molecular flexibility index (Phi) is 5.89. The molecule has 10 heteroatoms. The summed E-state index contributed by atoms with van der Waals surface area (Å²) in [4.78, 5) is 17.6. The van der Waals surface area contributed by atoms with Crippen LogP contribution >= 0.6 is 27.5 Å². The van der Waals surface area contributed by atoms with E-state index >= 15 is 0 Å². The Labute approximate surface area is 187 Å². The van der Waals surface area contributed by atoms with E-state index in [1.54, 1.807) is 29.1 Å². The summed E-state index contributed by atoms with van der Waals surface area (Å²) in [6.45, 7) is 0.517. The number of hydrogen-bond donors (Lipinski definition) is 0. The number of carbonyl (C=O) groups excluding carboxylic acids is 1. The number of fused-ring (bicyclic) bond motifs is 2. The van der Waals surface area contributed by atoms with Crippen molar-refractivity contribution in [1.29, 1.82) is 0 Å². The highest BCUT2D eigenvalue weighted by Crippen LogP contribution is 2.33. The van der Waals surface area contributed by atoms with E-state index in [1.807, 2.05) is 12.1 Å². The summed E-state index contributed by atoms with van der Waals surface area (Å²) in [7, 11) is -3.54. The summed E-state index contributed by atoms with van der Waals surface area (Å²) in [5.74, 6) is 0.331. The van der Waals surface area contributed by atoms with Crippen molar-refractivity contribution in [3.05, 3.63) is 57.4 Å². The Bertz CT molecular complexity index is 1240. The van der Waals surface area contributed by atoms with Crippen LogP contribution in [0.4, 0.5) is 0 Å². The molecule has 30 heavy (non-hydrogen) atoms. The zero-order valence-corrected chi connectivity index (χ0v) is 19.1. The summed E-state index contributed by atoms with van der Waals surface area (Å²) < 4.78 is 35.6. The van der Waals surface area contributed by atoms with Crippen molar-refractivity contribution >= 4 is 54.3 Å². The summed E-state index contributed by atoms with van der Waals surface area (Å²) in [5.41, 5.74) is 2.18. The number of benzene rings is 1. The molecule has 0 spiro atoms. The van der Waals surface area contributed by atoms with Crippen LogP contribution in [0.25, 0.3) is 10.9 Å². The van der Waals surface area contributed by atoms with Crippen molar-refractivity contribution in [1.82, 2.24) is 9.55 Å². The van der Waals surface area contributed by atoms with Crippen LogP contribution in [0.3, 0.4) is 0 Å². The van der Waals surface area contributed by atoms with Gasteiger partial charge >= 0.3 is 0 Å². The number of rotatable bonds is 6. The van der Waals surface area contributed by atoms with Crippen LogP contribution in [0.15, 0.2) is 41.3 Å². The molecule has 3 aromatic rings. The number of pyridine rings is 1. The predicted molar refractivity (Wildman–Crippen MR) is 117 cm³/mol. The zero-order valence-electron chi connectivity index (χ0n) is 16.0. The van der Waals surface area contributed by atoms with Gasteiger partial charge in [-0.1, -0.05) is 11.6 Å². The van der Waals surface area contributed by atoms with Crippen molar-refractivity contribution in [2.45, 2.75) is 13.0 Å². The monoisotopic (exact) mass is 512 g/mol. The second-order valence-electron chi connectivity index (χ2n) is 7.11. The van der Waals surface area contributed by atoms with E-state index in [0.29, 0.717) is 27.0 Å². The smallest absolute Gasteiger partial charge is 0.264 e. The molecule has 4 rings (SSSR count). The fourth-order valence-electron chi connectivity index (χ4n) is 3.58. The first-order valence-corrected chi connectivity index (χ1v) is 12.1. The predicted octanol–water partition coefficient (Wildman–Crippen LogP) is 3.86. The molecule has 1 atom stereocenters. The molecule has 0 bridgehead atoms. The van der Waals surface area contributed by atoms with Gasteiger partial charge in [0.15, 0.2) is 5.78 Å². The third-order valence-corrected chi connectivity index (χ3v) is 6.19. The van der Waals surface area contributed by atoms with E-state index in [2.05, 4.69) is 20.9 Å². The first-order valence-electron chi connectivity index (χ1n) is 9.15. The molecular formula is C20H18BrClN2O5S. The number of carbonyl (C=O) groups is 1. The van der Waals surface area contributed by atoms with Crippen LogP contribution in [0.5, 0.6) is 5.75 Å². The van der Waals surface area contributed by atoms with Gasteiger partial charge in [0.2, 0.25) is 0 Å². The molecule has 0 N–H and O–H groups in total. The maximum atomic E-state index is 13.3. The number of aromatic nitrogens is 2. The standard InChI is InChI=1S/C20H18BrClN2O5S/c1-30(26,27)29-5-4-24-10-16(15-9-23-19(21)8-17(15)24)20(25)13-6-12-7-14(22)2-3-18(12)28-11-13/h2-3,7-10,13H,4-6,11H2,1H3. The fraction of sp³-hybridized carbons (Fsp3) is 0.300. The molecule has 3 heterocycles. The number of nitrogens with zero attached hydrogens (tertiary/aromatic N) is 2. The second kappa shape index (κ2) is 8.30. The molecule has 0 saturated carbocycles. The molecule has 0 fully saturated rings. The largest absolute Gasteiger partial charge is 0.493 e. The van der Waals surface area contributed by atoms with E-state index in [9.17, 15) is 13.2 Å². The Morgan fingerprint density at radius 2 is 2.20 bits per heavy atom. The molecule has 1 aliphatic heterocycles. The highest BCUT2D eigenvalue weighted by Gasteiger charge is 2.29. The van der Waals surface area contributed by atoms with E-state index in [1.165, 1.54) is 0 Å². The van der Waals surface area contributed by atoms with E-state index in [4.69, 9.17) is 20.5 Å². The van der Waals surface area contributed by atoms with Gasteiger partial charge < -0.3 is 9.30 Å². The lowest BCUT2D eigenvalue weighted by atomic mass is 9.90. The number of halogens is 2. The molecule has 1 unspecified atom stereocenters. The molecule has 0 saturated heterocycles. The SMILES string of the molecule is CS(=O)(=O)OCCn1cc(C(=O)C2COc3ccc(Cl)cc3C2)c2cnc(Br)cc21. The Morgan fingerprint density at radius 1 is 1.40 bits per heavy atom. The molecule has 7 nitrogen and oxygen atoms in total. The van der Waals surface area contributed by atoms with Gasteiger partial charge in [-0.2, -0.15) is 8.42 Å². The van der Waals surface area contributed by atoms with Crippen LogP contribution in [0, 0.1) is 5.92 Å². The van der Waals surface area contributed by atoms with E-state index < -0.39 is 10.1 Å². The van der Waals surface area contributed by atoms with Gasteiger partial charge in [0, 0.05) is 34.9 Å². The van der Waals surface area contributed by atoms with Crippen molar-refractivity contribution in [3.63, 3.8) is 0 Å². The van der Waals surface area contributed by atoms with Crippen molar-refractivity contribution in [2.24, 2.45) is 5.92 Å². The van der Waals surface area contributed by atoms with Gasteiger partial charge in [0.1, 0.15) is 10.4 Å². The van der Waals surface area contributed by atoms with E-state index in [0.717, 1.165) is 23.1 Å². The Morgan fingerprint density at radius 3 is 2.97 bits per heavy atom.